The maximum absolute atomic E-state index is 13.1. The fourth-order valence-corrected chi connectivity index (χ4v) is 4.62. The standard InChI is InChI=1S/C23H25ClN2O/c1-26-14-13-20-19(16-5-3-2-4-6-16)11-12-21(22(20)15-26)23(27)25-18-9-7-17(24)8-10-18/h2-10,21-22H,11-15H2,1H3,(H,25,27). The van der Waals surface area contributed by atoms with E-state index in [4.69, 9.17) is 11.6 Å². The van der Waals surface area contributed by atoms with E-state index in [1.165, 1.54) is 16.7 Å². The highest BCUT2D eigenvalue weighted by Gasteiger charge is 2.38. The number of hydrogen-bond acceptors (Lipinski definition) is 2. The Morgan fingerprint density at radius 2 is 1.81 bits per heavy atom. The molecular formula is C23H25ClN2O. The van der Waals surface area contributed by atoms with Gasteiger partial charge < -0.3 is 10.2 Å². The zero-order chi connectivity index (χ0) is 18.8. The first-order valence-corrected chi connectivity index (χ1v) is 10.0. The summed E-state index contributed by atoms with van der Waals surface area (Å²) in [7, 11) is 2.15. The molecule has 0 bridgehead atoms. The maximum Gasteiger partial charge on any atom is 0.228 e. The lowest BCUT2D eigenvalue weighted by atomic mass is 9.70. The van der Waals surface area contributed by atoms with E-state index >= 15 is 0 Å². The van der Waals surface area contributed by atoms with Gasteiger partial charge in [-0.1, -0.05) is 47.5 Å². The lowest BCUT2D eigenvalue weighted by molar-refractivity contribution is -0.121. The second-order valence-corrected chi connectivity index (χ2v) is 8.07. The largest absolute Gasteiger partial charge is 0.326 e. The number of anilines is 1. The minimum absolute atomic E-state index is 0.0193. The van der Waals surface area contributed by atoms with Crippen LogP contribution in [0.25, 0.3) is 5.57 Å². The average Bonchev–Trinajstić information content (AvgIpc) is 2.69. The first-order chi connectivity index (χ1) is 13.1. The quantitative estimate of drug-likeness (QED) is 0.803. The number of allylic oxidation sites excluding steroid dienone is 1. The zero-order valence-corrected chi connectivity index (χ0v) is 16.4. The molecule has 1 heterocycles. The molecule has 0 spiro atoms. The molecule has 2 aromatic rings. The minimum Gasteiger partial charge on any atom is -0.326 e. The number of hydrogen-bond donors (Lipinski definition) is 1. The highest BCUT2D eigenvalue weighted by Crippen LogP contribution is 2.43. The summed E-state index contributed by atoms with van der Waals surface area (Å²) in [6.45, 7) is 2.01. The predicted molar refractivity (Wildman–Crippen MR) is 112 cm³/mol. The van der Waals surface area contributed by atoms with Crippen LogP contribution < -0.4 is 5.32 Å². The van der Waals surface area contributed by atoms with Crippen LogP contribution in [-0.2, 0) is 4.79 Å². The summed E-state index contributed by atoms with van der Waals surface area (Å²) < 4.78 is 0. The van der Waals surface area contributed by atoms with E-state index in [0.717, 1.165) is 38.0 Å². The zero-order valence-electron chi connectivity index (χ0n) is 15.6. The van der Waals surface area contributed by atoms with Gasteiger partial charge in [-0.05, 0) is 61.7 Å². The molecule has 2 unspecified atom stereocenters. The Morgan fingerprint density at radius 1 is 1.07 bits per heavy atom. The number of amides is 1. The van der Waals surface area contributed by atoms with Crippen LogP contribution in [0, 0.1) is 11.8 Å². The van der Waals surface area contributed by atoms with Crippen LogP contribution in [0.5, 0.6) is 0 Å². The van der Waals surface area contributed by atoms with E-state index in [1.54, 1.807) is 0 Å². The van der Waals surface area contributed by atoms with Gasteiger partial charge in [0.2, 0.25) is 5.91 Å². The molecule has 1 fully saturated rings. The van der Waals surface area contributed by atoms with Crippen molar-refractivity contribution in [3.8, 4) is 0 Å². The highest BCUT2D eigenvalue weighted by atomic mass is 35.5. The van der Waals surface area contributed by atoms with Gasteiger partial charge in [-0.2, -0.15) is 0 Å². The Bertz CT molecular complexity index is 844. The molecule has 4 rings (SSSR count). The van der Waals surface area contributed by atoms with Crippen LogP contribution >= 0.6 is 11.6 Å². The van der Waals surface area contributed by atoms with Crippen molar-refractivity contribution in [2.75, 3.05) is 25.5 Å². The number of fused-ring (bicyclic) bond motifs is 1. The first-order valence-electron chi connectivity index (χ1n) is 9.64. The molecule has 4 heteroatoms. The van der Waals surface area contributed by atoms with Crippen LogP contribution in [0.4, 0.5) is 5.69 Å². The number of nitrogens with one attached hydrogen (secondary N) is 1. The van der Waals surface area contributed by atoms with E-state index in [2.05, 4.69) is 47.6 Å². The van der Waals surface area contributed by atoms with Gasteiger partial charge in [0.1, 0.15) is 0 Å². The summed E-state index contributed by atoms with van der Waals surface area (Å²) in [5, 5.41) is 3.78. The Hall–Kier alpha value is -2.10. The van der Waals surface area contributed by atoms with E-state index in [9.17, 15) is 4.79 Å². The number of carbonyl (C=O) groups excluding carboxylic acids is 1. The van der Waals surface area contributed by atoms with E-state index in [-0.39, 0.29) is 11.8 Å². The van der Waals surface area contributed by atoms with E-state index < -0.39 is 0 Å². The molecule has 1 amide bonds. The molecule has 1 aliphatic carbocycles. The molecular weight excluding hydrogens is 356 g/mol. The Kier molecular flexibility index (Phi) is 5.33. The van der Waals surface area contributed by atoms with Gasteiger partial charge in [0.25, 0.3) is 0 Å². The lowest BCUT2D eigenvalue weighted by Crippen LogP contribution is -2.43. The van der Waals surface area contributed by atoms with Crippen molar-refractivity contribution >= 4 is 28.8 Å². The van der Waals surface area contributed by atoms with Crippen LogP contribution in [0.3, 0.4) is 0 Å². The number of nitrogens with zero attached hydrogens (tertiary/aromatic N) is 1. The van der Waals surface area contributed by atoms with Crippen molar-refractivity contribution < 1.29 is 4.79 Å². The summed E-state index contributed by atoms with van der Waals surface area (Å²) in [6, 6.07) is 18.0. The average molecular weight is 381 g/mol. The maximum atomic E-state index is 13.1. The number of benzene rings is 2. The van der Waals surface area contributed by atoms with Crippen molar-refractivity contribution in [1.82, 2.24) is 4.90 Å². The third kappa shape index (κ3) is 3.95. The monoisotopic (exact) mass is 380 g/mol. The van der Waals surface area contributed by atoms with Gasteiger partial charge in [0.15, 0.2) is 0 Å². The van der Waals surface area contributed by atoms with Crippen molar-refractivity contribution in [1.29, 1.82) is 0 Å². The highest BCUT2D eigenvalue weighted by molar-refractivity contribution is 6.30. The van der Waals surface area contributed by atoms with Gasteiger partial charge >= 0.3 is 0 Å². The minimum atomic E-state index is 0.0193. The molecule has 2 aromatic carbocycles. The molecule has 1 aliphatic heterocycles. The molecule has 2 atom stereocenters. The van der Waals surface area contributed by atoms with Gasteiger partial charge in [-0.3, -0.25) is 4.79 Å². The fourth-order valence-electron chi connectivity index (χ4n) is 4.49. The lowest BCUT2D eigenvalue weighted by Gasteiger charge is -2.41. The SMILES string of the molecule is CN1CCC2=C(c3ccccc3)CCC(C(=O)Nc3ccc(Cl)cc3)C2C1. The molecule has 1 saturated heterocycles. The number of carbonyl (C=O) groups is 1. The van der Waals surface area contributed by atoms with Gasteiger partial charge in [-0.15, -0.1) is 0 Å². The van der Waals surface area contributed by atoms with Gasteiger partial charge in [0.05, 0.1) is 0 Å². The Labute approximate surface area is 166 Å². The summed E-state index contributed by atoms with van der Waals surface area (Å²) in [5.74, 6) is 0.438. The third-order valence-electron chi connectivity index (χ3n) is 5.87. The Morgan fingerprint density at radius 3 is 2.56 bits per heavy atom. The molecule has 0 radical (unpaired) electrons. The topological polar surface area (TPSA) is 32.3 Å². The van der Waals surface area contributed by atoms with E-state index in [0.29, 0.717) is 10.9 Å². The fraction of sp³-hybridized carbons (Fsp3) is 0.348. The second kappa shape index (κ2) is 7.87. The van der Waals surface area contributed by atoms with Gasteiger partial charge in [0, 0.05) is 35.6 Å². The summed E-state index contributed by atoms with van der Waals surface area (Å²) in [4.78, 5) is 15.4. The van der Waals surface area contributed by atoms with Crippen molar-refractivity contribution in [3.05, 3.63) is 70.8 Å². The summed E-state index contributed by atoms with van der Waals surface area (Å²) >= 11 is 5.95. The summed E-state index contributed by atoms with van der Waals surface area (Å²) in [5.41, 5.74) is 5.08. The van der Waals surface area contributed by atoms with E-state index in [1.807, 2.05) is 24.3 Å². The molecule has 3 nitrogen and oxygen atoms in total. The molecule has 0 aromatic heterocycles. The van der Waals surface area contributed by atoms with Crippen molar-refractivity contribution in [2.45, 2.75) is 19.3 Å². The number of likely N-dealkylation sites (tertiary alicyclic amines) is 1. The summed E-state index contributed by atoms with van der Waals surface area (Å²) in [6.07, 6.45) is 2.92. The van der Waals surface area contributed by atoms with Crippen LogP contribution in [0.1, 0.15) is 24.8 Å². The van der Waals surface area contributed by atoms with Crippen LogP contribution in [-0.4, -0.2) is 30.9 Å². The normalized spacial score (nSPS) is 23.0. The molecule has 2 aliphatic rings. The number of piperidine rings is 1. The molecule has 27 heavy (non-hydrogen) atoms. The van der Waals surface area contributed by atoms with Crippen molar-refractivity contribution in [3.63, 3.8) is 0 Å². The van der Waals surface area contributed by atoms with Crippen LogP contribution in [0.2, 0.25) is 5.02 Å². The smallest absolute Gasteiger partial charge is 0.228 e. The second-order valence-electron chi connectivity index (χ2n) is 7.63. The molecule has 0 saturated carbocycles. The third-order valence-corrected chi connectivity index (χ3v) is 6.12. The predicted octanol–water partition coefficient (Wildman–Crippen LogP) is 5.09. The number of halogens is 1. The van der Waals surface area contributed by atoms with Crippen LogP contribution in [0.15, 0.2) is 60.2 Å². The molecule has 1 N–H and O–H groups in total. The van der Waals surface area contributed by atoms with Gasteiger partial charge in [-0.25, -0.2) is 0 Å². The Balaban J connectivity index is 1.60. The first kappa shape index (κ1) is 18.3. The number of rotatable bonds is 3. The molecule has 140 valence electrons. The van der Waals surface area contributed by atoms with Crippen molar-refractivity contribution in [2.24, 2.45) is 11.8 Å².